The van der Waals surface area contributed by atoms with E-state index in [1.54, 1.807) is 0 Å². The van der Waals surface area contributed by atoms with Crippen LogP contribution >= 0.6 is 0 Å². The van der Waals surface area contributed by atoms with Crippen molar-refractivity contribution in [3.63, 3.8) is 0 Å². The molecule has 3 nitrogen and oxygen atoms in total. The second-order valence-electron chi connectivity index (χ2n) is 5.87. The molecule has 2 rings (SSSR count). The monoisotopic (exact) mass is 275 g/mol. The smallest absolute Gasteiger partial charge is 0.177 e. The number of ketones is 1. The highest BCUT2D eigenvalue weighted by Gasteiger charge is 2.24. The lowest BCUT2D eigenvalue weighted by Gasteiger charge is -2.27. The van der Waals surface area contributed by atoms with Crippen LogP contribution in [-0.2, 0) is 0 Å². The fourth-order valence-corrected chi connectivity index (χ4v) is 3.09. The molecule has 1 aromatic carbocycles. The molecule has 0 saturated heterocycles. The average molecular weight is 275 g/mol. The Morgan fingerprint density at radius 3 is 2.65 bits per heavy atom. The van der Waals surface area contributed by atoms with E-state index in [0.29, 0.717) is 19.1 Å². The van der Waals surface area contributed by atoms with Crippen LogP contribution in [0.2, 0.25) is 0 Å². The van der Waals surface area contributed by atoms with Gasteiger partial charge in [-0.15, -0.1) is 0 Å². The number of carbonyl (C=O) groups excluding carboxylic acids is 1. The third-order valence-electron chi connectivity index (χ3n) is 4.27. The molecule has 20 heavy (non-hydrogen) atoms. The van der Waals surface area contributed by atoms with E-state index in [2.05, 4.69) is 4.90 Å². The number of aryl methyl sites for hydroxylation is 2. The van der Waals surface area contributed by atoms with Gasteiger partial charge in [0.25, 0.3) is 0 Å². The Kier molecular flexibility index (Phi) is 5.32. The molecule has 1 aliphatic carbocycles. The normalized spacial score (nSPS) is 16.0. The van der Waals surface area contributed by atoms with Gasteiger partial charge in [0.1, 0.15) is 0 Å². The largest absolute Gasteiger partial charge is 0.395 e. The zero-order chi connectivity index (χ0) is 14.5. The summed E-state index contributed by atoms with van der Waals surface area (Å²) in [6.45, 7) is 5.14. The molecule has 0 amide bonds. The van der Waals surface area contributed by atoms with E-state index in [1.807, 2.05) is 32.0 Å². The lowest BCUT2D eigenvalue weighted by atomic mass is 10.0. The Hall–Kier alpha value is -1.19. The van der Waals surface area contributed by atoms with Crippen molar-refractivity contribution in [3.05, 3.63) is 34.9 Å². The molecule has 1 saturated carbocycles. The van der Waals surface area contributed by atoms with Gasteiger partial charge in [-0.2, -0.15) is 0 Å². The summed E-state index contributed by atoms with van der Waals surface area (Å²) in [6, 6.07) is 6.49. The van der Waals surface area contributed by atoms with Crippen LogP contribution in [0, 0.1) is 13.8 Å². The number of carbonyl (C=O) groups is 1. The number of Topliss-reactive ketones (excluding diaryl/α,β-unsaturated/α-hetero) is 1. The zero-order valence-corrected chi connectivity index (χ0v) is 12.6. The number of hydrogen-bond donors (Lipinski definition) is 1. The average Bonchev–Trinajstić information content (AvgIpc) is 2.95. The molecule has 0 spiro atoms. The predicted octanol–water partition coefficient (Wildman–Crippen LogP) is 2.72. The van der Waals surface area contributed by atoms with Crippen LogP contribution in [0.25, 0.3) is 0 Å². The summed E-state index contributed by atoms with van der Waals surface area (Å²) >= 11 is 0. The third-order valence-corrected chi connectivity index (χ3v) is 4.27. The van der Waals surface area contributed by atoms with Gasteiger partial charge in [-0.25, -0.2) is 0 Å². The maximum atomic E-state index is 12.5. The molecule has 1 aliphatic rings. The maximum absolute atomic E-state index is 12.5. The molecule has 0 atom stereocenters. The van der Waals surface area contributed by atoms with Crippen molar-refractivity contribution >= 4 is 5.78 Å². The van der Waals surface area contributed by atoms with E-state index in [-0.39, 0.29) is 12.4 Å². The van der Waals surface area contributed by atoms with E-state index >= 15 is 0 Å². The molecule has 0 aliphatic heterocycles. The molecule has 0 bridgehead atoms. The second kappa shape index (κ2) is 7.00. The van der Waals surface area contributed by atoms with Crippen molar-refractivity contribution in [1.82, 2.24) is 4.90 Å². The van der Waals surface area contributed by atoms with E-state index in [1.165, 1.54) is 12.8 Å². The lowest BCUT2D eigenvalue weighted by molar-refractivity contribution is 0.0862. The van der Waals surface area contributed by atoms with E-state index in [9.17, 15) is 9.90 Å². The van der Waals surface area contributed by atoms with Crippen molar-refractivity contribution in [2.45, 2.75) is 45.6 Å². The SMILES string of the molecule is Cc1ccc(C)c(C(=O)CN(CCO)C2CCCC2)c1. The van der Waals surface area contributed by atoms with Crippen LogP contribution in [0.15, 0.2) is 18.2 Å². The lowest BCUT2D eigenvalue weighted by Crippen LogP contribution is -2.39. The van der Waals surface area contributed by atoms with Crippen LogP contribution in [-0.4, -0.2) is 41.5 Å². The topological polar surface area (TPSA) is 40.5 Å². The van der Waals surface area contributed by atoms with Crippen molar-refractivity contribution in [2.75, 3.05) is 19.7 Å². The number of hydrogen-bond acceptors (Lipinski definition) is 3. The maximum Gasteiger partial charge on any atom is 0.177 e. The number of aliphatic hydroxyl groups is 1. The minimum absolute atomic E-state index is 0.122. The first-order valence-electron chi connectivity index (χ1n) is 7.57. The van der Waals surface area contributed by atoms with Crippen LogP contribution in [0.4, 0.5) is 0 Å². The molecular formula is C17H25NO2. The van der Waals surface area contributed by atoms with Crippen LogP contribution in [0.3, 0.4) is 0 Å². The predicted molar refractivity (Wildman–Crippen MR) is 81.2 cm³/mol. The Labute approximate surface area is 121 Å². The summed E-state index contributed by atoms with van der Waals surface area (Å²) < 4.78 is 0. The molecule has 0 aromatic heterocycles. The van der Waals surface area contributed by atoms with Crippen molar-refractivity contribution < 1.29 is 9.90 Å². The zero-order valence-electron chi connectivity index (χ0n) is 12.6. The van der Waals surface area contributed by atoms with Gasteiger partial charge in [-0.3, -0.25) is 9.69 Å². The molecule has 1 N–H and O–H groups in total. The Morgan fingerprint density at radius 1 is 1.30 bits per heavy atom. The van der Waals surface area contributed by atoms with Gasteiger partial charge in [0.2, 0.25) is 0 Å². The number of benzene rings is 1. The van der Waals surface area contributed by atoms with Crippen LogP contribution < -0.4 is 0 Å². The molecule has 0 unspecified atom stereocenters. The van der Waals surface area contributed by atoms with Gasteiger partial charge in [-0.1, -0.05) is 30.5 Å². The fourth-order valence-electron chi connectivity index (χ4n) is 3.09. The number of aliphatic hydroxyl groups excluding tert-OH is 1. The van der Waals surface area contributed by atoms with Gasteiger partial charge in [0.05, 0.1) is 13.2 Å². The summed E-state index contributed by atoms with van der Waals surface area (Å²) in [7, 11) is 0. The first-order chi connectivity index (χ1) is 9.61. The highest BCUT2D eigenvalue weighted by Crippen LogP contribution is 2.23. The molecule has 1 fully saturated rings. The van der Waals surface area contributed by atoms with Crippen molar-refractivity contribution in [3.8, 4) is 0 Å². The summed E-state index contributed by atoms with van der Waals surface area (Å²) in [4.78, 5) is 14.7. The molecular weight excluding hydrogens is 250 g/mol. The van der Waals surface area contributed by atoms with Crippen molar-refractivity contribution in [2.24, 2.45) is 0 Å². The molecule has 110 valence electrons. The molecule has 3 heteroatoms. The molecule has 1 aromatic rings. The van der Waals surface area contributed by atoms with Gasteiger partial charge in [0.15, 0.2) is 5.78 Å². The molecule has 0 radical (unpaired) electrons. The number of nitrogens with zero attached hydrogens (tertiary/aromatic N) is 1. The van der Waals surface area contributed by atoms with Crippen LogP contribution in [0.1, 0.15) is 47.2 Å². The van der Waals surface area contributed by atoms with Gasteiger partial charge < -0.3 is 5.11 Å². The quantitative estimate of drug-likeness (QED) is 0.812. The van der Waals surface area contributed by atoms with Gasteiger partial charge in [-0.05, 0) is 38.3 Å². The summed E-state index contributed by atoms with van der Waals surface area (Å²) in [6.07, 6.45) is 4.79. The second-order valence-corrected chi connectivity index (χ2v) is 5.87. The van der Waals surface area contributed by atoms with Gasteiger partial charge >= 0.3 is 0 Å². The van der Waals surface area contributed by atoms with Crippen molar-refractivity contribution in [1.29, 1.82) is 0 Å². The highest BCUT2D eigenvalue weighted by atomic mass is 16.3. The Balaban J connectivity index is 2.09. The molecule has 0 heterocycles. The fraction of sp³-hybridized carbons (Fsp3) is 0.588. The minimum atomic E-state index is 0.122. The highest BCUT2D eigenvalue weighted by molar-refractivity contribution is 5.99. The van der Waals surface area contributed by atoms with E-state index < -0.39 is 0 Å². The first kappa shape index (κ1) is 15.2. The first-order valence-corrected chi connectivity index (χ1v) is 7.57. The summed E-state index contributed by atoms with van der Waals surface area (Å²) in [5, 5.41) is 9.23. The van der Waals surface area contributed by atoms with E-state index in [0.717, 1.165) is 29.5 Å². The minimum Gasteiger partial charge on any atom is -0.395 e. The standard InChI is InChI=1S/C17H25NO2/c1-13-7-8-14(2)16(11-13)17(20)12-18(9-10-19)15-5-3-4-6-15/h7-8,11,15,19H,3-6,9-10,12H2,1-2H3. The van der Waals surface area contributed by atoms with E-state index in [4.69, 9.17) is 0 Å². The Bertz CT molecular complexity index is 464. The third kappa shape index (κ3) is 3.68. The summed E-state index contributed by atoms with van der Waals surface area (Å²) in [5.41, 5.74) is 2.98. The number of rotatable bonds is 6. The van der Waals surface area contributed by atoms with Gasteiger partial charge in [0, 0.05) is 18.2 Å². The Morgan fingerprint density at radius 2 is 2.00 bits per heavy atom. The van der Waals surface area contributed by atoms with Crippen LogP contribution in [0.5, 0.6) is 0 Å². The summed E-state index contributed by atoms with van der Waals surface area (Å²) in [5.74, 6) is 0.173.